The number of Topliss-reactive ketones (excluding diaryl/α,β-unsaturated/α-hetero) is 1. The van der Waals surface area contributed by atoms with E-state index in [0.717, 1.165) is 55.0 Å². The minimum absolute atomic E-state index is 0.559. The average Bonchev–Trinajstić information content (AvgIpc) is 3.20. The van der Waals surface area contributed by atoms with E-state index in [0.29, 0.717) is 5.78 Å². The van der Waals surface area contributed by atoms with Crippen molar-refractivity contribution in [2.45, 2.75) is 98.8 Å². The Morgan fingerprint density at radius 3 is 1.88 bits per heavy atom. The summed E-state index contributed by atoms with van der Waals surface area (Å²) in [7, 11) is 1.68. The lowest BCUT2D eigenvalue weighted by atomic mass is 9.54. The standard InChI is InChI=1S/C17H26O.C3H8O.2C2H6/c18-13-6-9-15-12(10-13)5-8-16-14-3-1-2-11(14)4-7-17(15)16;1-3-4-2;2*1-2/h11-12,14-17H,1-10H2;3H2,1-2H3;2*1-2H3/t11?,12?,14-,15?,16?,17?;;;/m1.../s1. The summed E-state index contributed by atoms with van der Waals surface area (Å²) in [6, 6.07) is 0. The van der Waals surface area contributed by atoms with Crippen LogP contribution in [0.1, 0.15) is 98.8 Å². The molecule has 4 fully saturated rings. The van der Waals surface area contributed by atoms with Crippen LogP contribution >= 0.6 is 0 Å². The van der Waals surface area contributed by atoms with Crippen LogP contribution in [-0.2, 0) is 9.53 Å². The highest BCUT2D eigenvalue weighted by molar-refractivity contribution is 5.79. The molecule has 154 valence electrons. The van der Waals surface area contributed by atoms with Crippen molar-refractivity contribution < 1.29 is 9.53 Å². The van der Waals surface area contributed by atoms with Crippen molar-refractivity contribution in [1.29, 1.82) is 0 Å². The molecule has 0 saturated heterocycles. The third kappa shape index (κ3) is 5.81. The van der Waals surface area contributed by atoms with E-state index in [2.05, 4.69) is 4.74 Å². The lowest BCUT2D eigenvalue weighted by Crippen LogP contribution is -2.44. The summed E-state index contributed by atoms with van der Waals surface area (Å²) >= 11 is 0. The molecule has 2 heteroatoms. The first kappa shape index (κ1) is 23.7. The Labute approximate surface area is 163 Å². The van der Waals surface area contributed by atoms with Gasteiger partial charge in [0.1, 0.15) is 5.78 Å². The highest BCUT2D eigenvalue weighted by Crippen LogP contribution is 2.57. The highest BCUT2D eigenvalue weighted by Gasteiger charge is 2.49. The fourth-order valence-corrected chi connectivity index (χ4v) is 6.28. The Morgan fingerprint density at radius 1 is 0.769 bits per heavy atom. The van der Waals surface area contributed by atoms with E-state index in [1.807, 2.05) is 34.6 Å². The fourth-order valence-electron chi connectivity index (χ4n) is 6.28. The zero-order valence-corrected chi connectivity index (χ0v) is 18.6. The van der Waals surface area contributed by atoms with Gasteiger partial charge in [-0.15, -0.1) is 0 Å². The lowest BCUT2D eigenvalue weighted by molar-refractivity contribution is -0.126. The van der Waals surface area contributed by atoms with E-state index in [-0.39, 0.29) is 0 Å². The van der Waals surface area contributed by atoms with E-state index in [4.69, 9.17) is 0 Å². The van der Waals surface area contributed by atoms with E-state index < -0.39 is 0 Å². The van der Waals surface area contributed by atoms with Gasteiger partial charge in [-0.2, -0.15) is 0 Å². The molecule has 0 amide bonds. The maximum Gasteiger partial charge on any atom is 0.133 e. The maximum atomic E-state index is 11.7. The van der Waals surface area contributed by atoms with Crippen LogP contribution < -0.4 is 0 Å². The fraction of sp³-hybridized carbons (Fsp3) is 0.958. The summed E-state index contributed by atoms with van der Waals surface area (Å²) in [6.07, 6.45) is 13.5. The lowest BCUT2D eigenvalue weighted by Gasteiger charge is -2.51. The molecule has 0 aliphatic heterocycles. The topological polar surface area (TPSA) is 26.3 Å². The third-order valence-electron chi connectivity index (χ3n) is 7.25. The van der Waals surface area contributed by atoms with Crippen LogP contribution in [-0.4, -0.2) is 19.5 Å². The first-order valence-corrected chi connectivity index (χ1v) is 11.7. The van der Waals surface area contributed by atoms with Gasteiger partial charge in [0.05, 0.1) is 0 Å². The zero-order valence-electron chi connectivity index (χ0n) is 18.6. The molecule has 0 bridgehead atoms. The van der Waals surface area contributed by atoms with E-state index in [1.54, 1.807) is 7.11 Å². The SMILES string of the molecule is CC.CC.CCOC.O=C1CCC2C(CCC3C2CCC2CCC[C@H]23)C1. The molecule has 4 aliphatic rings. The van der Waals surface area contributed by atoms with Crippen molar-refractivity contribution in [3.63, 3.8) is 0 Å². The molecule has 4 aliphatic carbocycles. The van der Waals surface area contributed by atoms with Gasteiger partial charge in [0.25, 0.3) is 0 Å². The number of methoxy groups -OCH3 is 1. The summed E-state index contributed by atoms with van der Waals surface area (Å²) in [5.41, 5.74) is 0. The van der Waals surface area contributed by atoms with E-state index >= 15 is 0 Å². The molecule has 26 heavy (non-hydrogen) atoms. The number of ether oxygens (including phenoxy) is 1. The number of carbonyl (C=O) groups excluding carboxylic acids is 1. The normalized spacial score (nSPS) is 37.2. The predicted molar refractivity (Wildman–Crippen MR) is 112 cm³/mol. The number of rotatable bonds is 1. The van der Waals surface area contributed by atoms with Crippen LogP contribution in [0.4, 0.5) is 0 Å². The second kappa shape index (κ2) is 12.9. The highest BCUT2D eigenvalue weighted by atomic mass is 16.5. The van der Waals surface area contributed by atoms with Gasteiger partial charge in [0, 0.05) is 26.6 Å². The Balaban J connectivity index is 0.000000370. The molecule has 0 heterocycles. The number of carbonyl (C=O) groups is 1. The van der Waals surface area contributed by atoms with Gasteiger partial charge in [-0.3, -0.25) is 4.79 Å². The summed E-state index contributed by atoms with van der Waals surface area (Å²) in [4.78, 5) is 11.7. The Kier molecular flexibility index (Phi) is 11.8. The first-order chi connectivity index (χ1) is 12.7. The third-order valence-corrected chi connectivity index (χ3v) is 7.25. The molecular weight excluding hydrogens is 320 g/mol. The quantitative estimate of drug-likeness (QED) is 0.504. The van der Waals surface area contributed by atoms with Crippen LogP contribution in [0.2, 0.25) is 0 Å². The zero-order chi connectivity index (χ0) is 19.5. The number of hydrogen-bond acceptors (Lipinski definition) is 2. The summed E-state index contributed by atoms with van der Waals surface area (Å²) in [6.45, 7) is 10.8. The monoisotopic (exact) mass is 366 g/mol. The molecule has 0 aromatic rings. The Bertz CT molecular complexity index is 376. The number of fused-ring (bicyclic) bond motifs is 5. The van der Waals surface area contributed by atoms with Crippen LogP contribution in [0.5, 0.6) is 0 Å². The molecule has 2 nitrogen and oxygen atoms in total. The molecule has 4 saturated carbocycles. The van der Waals surface area contributed by atoms with Crippen LogP contribution in [0.25, 0.3) is 0 Å². The minimum Gasteiger partial charge on any atom is -0.385 e. The molecule has 0 aromatic carbocycles. The Hall–Kier alpha value is -0.370. The summed E-state index contributed by atoms with van der Waals surface area (Å²) in [5.74, 6) is 6.52. The van der Waals surface area contributed by atoms with Gasteiger partial charge < -0.3 is 4.74 Å². The van der Waals surface area contributed by atoms with Gasteiger partial charge in [0.2, 0.25) is 0 Å². The van der Waals surface area contributed by atoms with Gasteiger partial charge in [-0.05, 0) is 81.0 Å². The summed E-state index contributed by atoms with van der Waals surface area (Å²) in [5, 5.41) is 0. The molecule has 0 N–H and O–H groups in total. The molecule has 0 aromatic heterocycles. The van der Waals surface area contributed by atoms with Crippen molar-refractivity contribution in [3.8, 4) is 0 Å². The van der Waals surface area contributed by atoms with Crippen molar-refractivity contribution in [2.24, 2.45) is 35.5 Å². The van der Waals surface area contributed by atoms with Crippen LogP contribution in [0.3, 0.4) is 0 Å². The largest absolute Gasteiger partial charge is 0.385 e. The van der Waals surface area contributed by atoms with E-state index in [1.165, 1.54) is 51.4 Å². The van der Waals surface area contributed by atoms with Crippen molar-refractivity contribution in [3.05, 3.63) is 0 Å². The molecule has 6 atom stereocenters. The van der Waals surface area contributed by atoms with Crippen LogP contribution in [0, 0.1) is 35.5 Å². The summed E-state index contributed by atoms with van der Waals surface area (Å²) < 4.78 is 4.54. The molecule has 0 spiro atoms. The minimum atomic E-state index is 0.559. The van der Waals surface area contributed by atoms with Gasteiger partial charge in [0.15, 0.2) is 0 Å². The molecule has 0 radical (unpaired) electrons. The molecule has 4 rings (SSSR count). The average molecular weight is 367 g/mol. The van der Waals surface area contributed by atoms with Crippen LogP contribution in [0.15, 0.2) is 0 Å². The number of hydrogen-bond donors (Lipinski definition) is 0. The van der Waals surface area contributed by atoms with E-state index in [9.17, 15) is 4.79 Å². The smallest absolute Gasteiger partial charge is 0.133 e. The van der Waals surface area contributed by atoms with Gasteiger partial charge >= 0.3 is 0 Å². The first-order valence-electron chi connectivity index (χ1n) is 11.7. The maximum absolute atomic E-state index is 11.7. The second-order valence-electron chi connectivity index (χ2n) is 8.12. The Morgan fingerprint density at radius 2 is 1.31 bits per heavy atom. The van der Waals surface area contributed by atoms with Gasteiger partial charge in [-0.1, -0.05) is 40.5 Å². The van der Waals surface area contributed by atoms with Gasteiger partial charge in [-0.25, -0.2) is 0 Å². The molecular formula is C24H46O2. The van der Waals surface area contributed by atoms with Crippen molar-refractivity contribution in [2.75, 3.05) is 13.7 Å². The second-order valence-corrected chi connectivity index (χ2v) is 8.12. The van der Waals surface area contributed by atoms with Crippen molar-refractivity contribution in [1.82, 2.24) is 0 Å². The predicted octanol–water partition coefficient (Wildman–Crippen LogP) is 6.91. The molecule has 5 unspecified atom stereocenters. The van der Waals surface area contributed by atoms with Crippen molar-refractivity contribution >= 4 is 5.78 Å². The number of ketones is 1.